The number of carbonyl (C=O) groups excluding carboxylic acids is 1. The Hall–Kier alpha value is -2.96. The molecule has 8 nitrogen and oxygen atoms in total. The molecule has 5 rings (SSSR count). The topological polar surface area (TPSA) is 101 Å². The number of halogens is 3. The van der Waals surface area contributed by atoms with Gasteiger partial charge < -0.3 is 24.2 Å². The maximum Gasteiger partial charge on any atom is 0.433 e. The number of alkyl halides is 3. The molecule has 1 aliphatic heterocycles. The Bertz CT molecular complexity index is 1490. The van der Waals surface area contributed by atoms with Gasteiger partial charge in [-0.05, 0) is 86.7 Å². The lowest BCUT2D eigenvalue weighted by Crippen LogP contribution is -2.43. The molecule has 0 unspecified atom stereocenters. The SMILES string of the molecule is CC(C)(C)[Si](C)(C)OCC1CCN(c2cc3nc([C@H]4CC[C@H](CO)CC4)oc3cc2NC(=O)c2cccc(C(F)(F)F)n2)CC1. The zero-order valence-electron chi connectivity index (χ0n) is 26.8. The number of hydrogen-bond acceptors (Lipinski definition) is 7. The van der Waals surface area contributed by atoms with Gasteiger partial charge in [0, 0.05) is 38.3 Å². The first-order valence-electron chi connectivity index (χ1n) is 15.9. The van der Waals surface area contributed by atoms with Crippen LogP contribution in [0.4, 0.5) is 24.5 Å². The van der Waals surface area contributed by atoms with E-state index in [-0.39, 0.29) is 23.3 Å². The first kappa shape index (κ1) is 33.4. The van der Waals surface area contributed by atoms with Crippen molar-refractivity contribution < 1.29 is 31.9 Å². The molecule has 0 atom stereocenters. The average molecular weight is 647 g/mol. The molecule has 3 aromatic rings. The van der Waals surface area contributed by atoms with Gasteiger partial charge in [0.2, 0.25) is 0 Å². The Balaban J connectivity index is 1.39. The van der Waals surface area contributed by atoms with Crippen LogP contribution in [0, 0.1) is 11.8 Å². The van der Waals surface area contributed by atoms with Crippen LogP contribution in [0.2, 0.25) is 18.1 Å². The molecule has 246 valence electrons. The number of pyridine rings is 1. The maximum atomic E-state index is 13.3. The van der Waals surface area contributed by atoms with Gasteiger partial charge in [-0.1, -0.05) is 26.8 Å². The summed E-state index contributed by atoms with van der Waals surface area (Å²) in [5, 5.41) is 12.5. The predicted molar refractivity (Wildman–Crippen MR) is 171 cm³/mol. The zero-order valence-corrected chi connectivity index (χ0v) is 27.8. The Morgan fingerprint density at radius 3 is 2.36 bits per heavy atom. The highest BCUT2D eigenvalue weighted by Crippen LogP contribution is 2.40. The Morgan fingerprint density at radius 1 is 1.04 bits per heavy atom. The molecule has 12 heteroatoms. The number of carbonyl (C=O) groups is 1. The van der Waals surface area contributed by atoms with Gasteiger partial charge in [-0.2, -0.15) is 13.2 Å². The second-order valence-electron chi connectivity index (χ2n) is 14.2. The number of piperidine rings is 1. The van der Waals surface area contributed by atoms with Gasteiger partial charge in [0.25, 0.3) is 5.91 Å². The molecule has 2 aromatic heterocycles. The Kier molecular flexibility index (Phi) is 9.68. The molecular weight excluding hydrogens is 601 g/mol. The van der Waals surface area contributed by atoms with E-state index in [0.717, 1.165) is 70.0 Å². The number of aliphatic hydroxyl groups is 1. The summed E-state index contributed by atoms with van der Waals surface area (Å²) in [6, 6.07) is 6.92. The van der Waals surface area contributed by atoms with E-state index >= 15 is 0 Å². The molecule has 1 amide bonds. The van der Waals surface area contributed by atoms with Crippen LogP contribution in [0.1, 0.15) is 87.3 Å². The highest BCUT2D eigenvalue weighted by Gasteiger charge is 2.38. The van der Waals surface area contributed by atoms with E-state index in [0.29, 0.717) is 34.5 Å². The van der Waals surface area contributed by atoms with Crippen molar-refractivity contribution in [3.05, 3.63) is 47.6 Å². The van der Waals surface area contributed by atoms with Crippen molar-refractivity contribution in [2.24, 2.45) is 11.8 Å². The smallest absolute Gasteiger partial charge is 0.433 e. The fourth-order valence-corrected chi connectivity index (χ4v) is 6.98. The Morgan fingerprint density at radius 2 is 1.73 bits per heavy atom. The molecule has 1 aliphatic carbocycles. The van der Waals surface area contributed by atoms with Gasteiger partial charge in [0.15, 0.2) is 19.8 Å². The molecule has 3 heterocycles. The van der Waals surface area contributed by atoms with Crippen LogP contribution in [-0.4, -0.2) is 55.6 Å². The van der Waals surface area contributed by atoms with E-state index < -0.39 is 26.1 Å². The number of aliphatic hydroxyl groups excluding tert-OH is 1. The summed E-state index contributed by atoms with van der Waals surface area (Å²) in [6.07, 6.45) is 0.724. The molecule has 0 bridgehead atoms. The summed E-state index contributed by atoms with van der Waals surface area (Å²) in [7, 11) is -1.86. The number of rotatable bonds is 8. The average Bonchev–Trinajstić information content (AvgIpc) is 3.42. The summed E-state index contributed by atoms with van der Waals surface area (Å²) in [5.74, 6) is 0.767. The minimum Gasteiger partial charge on any atom is -0.440 e. The normalized spacial score (nSPS) is 20.5. The number of hydrogen-bond donors (Lipinski definition) is 2. The van der Waals surface area contributed by atoms with Crippen molar-refractivity contribution in [2.75, 3.05) is 36.5 Å². The van der Waals surface area contributed by atoms with E-state index in [1.54, 1.807) is 6.07 Å². The van der Waals surface area contributed by atoms with E-state index in [1.165, 1.54) is 12.1 Å². The number of benzene rings is 1. The van der Waals surface area contributed by atoms with Gasteiger partial charge in [-0.15, -0.1) is 0 Å². The fraction of sp³-hybridized carbons (Fsp3) is 0.606. The summed E-state index contributed by atoms with van der Waals surface area (Å²) >= 11 is 0. The third-order valence-corrected chi connectivity index (χ3v) is 14.4. The van der Waals surface area contributed by atoms with Crippen molar-refractivity contribution in [1.82, 2.24) is 9.97 Å². The Labute approximate surface area is 263 Å². The van der Waals surface area contributed by atoms with Crippen LogP contribution in [0.5, 0.6) is 0 Å². The fourth-order valence-electron chi connectivity index (χ4n) is 5.90. The lowest BCUT2D eigenvalue weighted by molar-refractivity contribution is -0.141. The van der Waals surface area contributed by atoms with Crippen LogP contribution >= 0.6 is 0 Å². The highest BCUT2D eigenvalue weighted by atomic mass is 28.4. The number of oxazole rings is 1. The number of amides is 1. The third kappa shape index (κ3) is 7.71. The molecule has 2 N–H and O–H groups in total. The molecule has 1 aromatic carbocycles. The maximum absolute atomic E-state index is 13.3. The van der Waals surface area contributed by atoms with Crippen molar-refractivity contribution >= 4 is 36.7 Å². The number of nitrogens with zero attached hydrogens (tertiary/aromatic N) is 3. The van der Waals surface area contributed by atoms with Crippen LogP contribution in [0.15, 0.2) is 34.7 Å². The van der Waals surface area contributed by atoms with Gasteiger partial charge in [0.1, 0.15) is 16.9 Å². The van der Waals surface area contributed by atoms with E-state index in [9.17, 15) is 23.1 Å². The van der Waals surface area contributed by atoms with Crippen molar-refractivity contribution in [3.63, 3.8) is 0 Å². The number of nitrogens with one attached hydrogen (secondary N) is 1. The van der Waals surface area contributed by atoms with Gasteiger partial charge in [0.05, 0.1) is 11.4 Å². The summed E-state index contributed by atoms with van der Waals surface area (Å²) in [4.78, 5) is 23.9. The van der Waals surface area contributed by atoms with Crippen LogP contribution in [0.25, 0.3) is 11.1 Å². The minimum absolute atomic E-state index is 0.138. The lowest BCUT2D eigenvalue weighted by atomic mass is 9.82. The van der Waals surface area contributed by atoms with Gasteiger partial charge >= 0.3 is 6.18 Å². The van der Waals surface area contributed by atoms with Crippen molar-refractivity contribution in [1.29, 1.82) is 0 Å². The second-order valence-corrected chi connectivity index (χ2v) is 19.0. The summed E-state index contributed by atoms with van der Waals surface area (Å²) in [5.41, 5.74) is 0.913. The summed E-state index contributed by atoms with van der Waals surface area (Å²) < 4.78 is 52.6. The first-order chi connectivity index (χ1) is 21.1. The predicted octanol–water partition coefficient (Wildman–Crippen LogP) is 8.00. The second kappa shape index (κ2) is 13.0. The number of fused-ring (bicyclic) bond motifs is 1. The monoisotopic (exact) mass is 646 g/mol. The third-order valence-electron chi connectivity index (χ3n) is 9.94. The highest BCUT2D eigenvalue weighted by molar-refractivity contribution is 6.74. The van der Waals surface area contributed by atoms with Crippen molar-refractivity contribution in [3.8, 4) is 0 Å². The quantitative estimate of drug-likeness (QED) is 0.239. The number of anilines is 2. The molecule has 1 saturated carbocycles. The molecule has 2 aliphatic rings. The van der Waals surface area contributed by atoms with Crippen molar-refractivity contribution in [2.45, 2.75) is 89.5 Å². The number of aromatic nitrogens is 2. The largest absolute Gasteiger partial charge is 0.440 e. The molecule has 0 spiro atoms. The zero-order chi connectivity index (χ0) is 32.6. The lowest BCUT2D eigenvalue weighted by Gasteiger charge is -2.39. The van der Waals surface area contributed by atoms with E-state index in [1.807, 2.05) is 6.07 Å². The molecule has 45 heavy (non-hydrogen) atoms. The molecular formula is C33H45F3N4O4Si. The molecule has 0 radical (unpaired) electrons. The van der Waals surface area contributed by atoms with E-state index in [2.05, 4.69) is 49.1 Å². The van der Waals surface area contributed by atoms with Gasteiger partial charge in [-0.25, -0.2) is 9.97 Å². The molecule has 2 fully saturated rings. The molecule has 1 saturated heterocycles. The van der Waals surface area contributed by atoms with Gasteiger partial charge in [-0.3, -0.25) is 4.79 Å². The van der Waals surface area contributed by atoms with Crippen LogP contribution < -0.4 is 10.2 Å². The van der Waals surface area contributed by atoms with Crippen LogP contribution in [-0.2, 0) is 10.6 Å². The minimum atomic E-state index is -4.66. The summed E-state index contributed by atoms with van der Waals surface area (Å²) in [6.45, 7) is 13.6. The van der Waals surface area contributed by atoms with Crippen LogP contribution in [0.3, 0.4) is 0 Å². The first-order valence-corrected chi connectivity index (χ1v) is 18.9. The standard InChI is InChI=1S/C33H45F3N4O4Si/c1-32(2,3)45(4,5)43-20-22-13-15-40(16-14-22)27-17-26-28(44-31(39-26)23-11-9-21(19-41)10-12-23)18-25(27)38-30(42)24-7-6-8-29(37-24)33(34,35)36/h6-8,17-18,21-23,41H,9-16,19-20H2,1-5H3,(H,38,42)/t21-,23-. The van der Waals surface area contributed by atoms with E-state index in [4.69, 9.17) is 13.8 Å².